The van der Waals surface area contributed by atoms with E-state index in [0.717, 1.165) is 10.0 Å². The second-order valence-electron chi connectivity index (χ2n) is 5.28. The first kappa shape index (κ1) is 15.8. The Hall–Kier alpha value is -2.74. The van der Waals surface area contributed by atoms with E-state index in [0.29, 0.717) is 41.8 Å². The van der Waals surface area contributed by atoms with Crippen LogP contribution in [-0.4, -0.2) is 32.1 Å². The highest BCUT2D eigenvalue weighted by molar-refractivity contribution is 9.10. The summed E-state index contributed by atoms with van der Waals surface area (Å²) in [5, 5.41) is 3.99. The van der Waals surface area contributed by atoms with Crippen LogP contribution in [0, 0.1) is 0 Å². The van der Waals surface area contributed by atoms with Gasteiger partial charge in [0.05, 0.1) is 6.21 Å². The number of carbonyl (C=O) groups is 1. The molecule has 0 spiro atoms. The van der Waals surface area contributed by atoms with Crippen LogP contribution in [0.25, 0.3) is 0 Å². The van der Waals surface area contributed by atoms with E-state index >= 15 is 0 Å². The Bertz CT molecular complexity index is 868. The lowest BCUT2D eigenvalue weighted by molar-refractivity contribution is 0.0954. The van der Waals surface area contributed by atoms with Crippen molar-refractivity contribution >= 4 is 28.1 Å². The summed E-state index contributed by atoms with van der Waals surface area (Å²) in [5.74, 6) is 2.16. The molecule has 2 aromatic rings. The lowest BCUT2D eigenvalue weighted by atomic mass is 10.2. The molecule has 0 radical (unpaired) electrons. The van der Waals surface area contributed by atoms with Crippen molar-refractivity contribution in [3.63, 3.8) is 0 Å². The number of nitrogens with one attached hydrogen (secondary N) is 1. The maximum absolute atomic E-state index is 12.2. The maximum Gasteiger partial charge on any atom is 0.271 e. The molecule has 0 saturated carbocycles. The standard InChI is InChI=1S/C17H13BrN2O5/c18-12-7-16-15(24-9-25-16)6-11(12)8-19-20-17(21)10-1-2-13-14(5-10)23-4-3-22-13/h1-2,5-8H,3-4,9H2,(H,20,21)/b19-8+. The van der Waals surface area contributed by atoms with Gasteiger partial charge in [0.2, 0.25) is 6.79 Å². The summed E-state index contributed by atoms with van der Waals surface area (Å²) >= 11 is 3.43. The zero-order valence-corrected chi connectivity index (χ0v) is 14.5. The zero-order valence-electron chi connectivity index (χ0n) is 13.0. The summed E-state index contributed by atoms with van der Waals surface area (Å²) < 4.78 is 22.3. The van der Waals surface area contributed by atoms with Gasteiger partial charge in [-0.15, -0.1) is 0 Å². The molecule has 0 aromatic heterocycles. The summed E-state index contributed by atoms with van der Waals surface area (Å²) in [6.45, 7) is 1.17. The van der Waals surface area contributed by atoms with E-state index in [9.17, 15) is 4.79 Å². The zero-order chi connectivity index (χ0) is 17.2. The van der Waals surface area contributed by atoms with Gasteiger partial charge >= 0.3 is 0 Å². The lowest BCUT2D eigenvalue weighted by Crippen LogP contribution is -2.19. The van der Waals surface area contributed by atoms with Crippen molar-refractivity contribution in [1.82, 2.24) is 5.43 Å². The van der Waals surface area contributed by atoms with E-state index in [-0.39, 0.29) is 12.7 Å². The van der Waals surface area contributed by atoms with E-state index in [4.69, 9.17) is 18.9 Å². The number of amides is 1. The van der Waals surface area contributed by atoms with Gasteiger partial charge in [-0.25, -0.2) is 5.43 Å². The molecule has 0 bridgehead atoms. The van der Waals surface area contributed by atoms with Crippen molar-refractivity contribution < 1.29 is 23.7 Å². The average Bonchev–Trinajstić information content (AvgIpc) is 3.08. The Balaban J connectivity index is 1.46. The minimum Gasteiger partial charge on any atom is -0.486 e. The number of rotatable bonds is 3. The molecule has 1 N–H and O–H groups in total. The van der Waals surface area contributed by atoms with Gasteiger partial charge in [-0.2, -0.15) is 5.10 Å². The van der Waals surface area contributed by atoms with Crippen molar-refractivity contribution in [2.24, 2.45) is 5.10 Å². The molecule has 2 heterocycles. The molecule has 25 heavy (non-hydrogen) atoms. The third-order valence-corrected chi connectivity index (χ3v) is 4.35. The van der Waals surface area contributed by atoms with Crippen LogP contribution in [0.1, 0.15) is 15.9 Å². The number of hydrogen-bond acceptors (Lipinski definition) is 6. The largest absolute Gasteiger partial charge is 0.486 e. The molecule has 8 heteroatoms. The summed E-state index contributed by atoms with van der Waals surface area (Å²) in [4.78, 5) is 12.2. The topological polar surface area (TPSA) is 78.4 Å². The molecule has 2 aliphatic heterocycles. The van der Waals surface area contributed by atoms with Gasteiger partial charge in [0.1, 0.15) is 13.2 Å². The van der Waals surface area contributed by atoms with Gasteiger partial charge in [0.15, 0.2) is 23.0 Å². The maximum atomic E-state index is 12.2. The summed E-state index contributed by atoms with van der Waals surface area (Å²) in [6.07, 6.45) is 1.53. The molecular weight excluding hydrogens is 392 g/mol. The second-order valence-corrected chi connectivity index (χ2v) is 6.14. The number of carbonyl (C=O) groups excluding carboxylic acids is 1. The van der Waals surface area contributed by atoms with Crippen LogP contribution in [0.5, 0.6) is 23.0 Å². The molecule has 7 nitrogen and oxygen atoms in total. The van der Waals surface area contributed by atoms with Crippen molar-refractivity contribution in [3.05, 3.63) is 45.9 Å². The van der Waals surface area contributed by atoms with Crippen LogP contribution in [0.4, 0.5) is 0 Å². The van der Waals surface area contributed by atoms with Crippen LogP contribution in [-0.2, 0) is 0 Å². The molecule has 0 fully saturated rings. The van der Waals surface area contributed by atoms with Gasteiger partial charge in [-0.3, -0.25) is 4.79 Å². The van der Waals surface area contributed by atoms with Gasteiger partial charge in [0.25, 0.3) is 5.91 Å². The quantitative estimate of drug-likeness (QED) is 0.628. The molecule has 1 amide bonds. The molecule has 2 aromatic carbocycles. The molecule has 0 saturated heterocycles. The van der Waals surface area contributed by atoms with Gasteiger partial charge in [0, 0.05) is 15.6 Å². The first-order valence-corrected chi connectivity index (χ1v) is 8.32. The normalized spacial score (nSPS) is 14.6. The smallest absolute Gasteiger partial charge is 0.271 e. The molecule has 128 valence electrons. The van der Waals surface area contributed by atoms with Gasteiger partial charge in [-0.1, -0.05) is 0 Å². The lowest BCUT2D eigenvalue weighted by Gasteiger charge is -2.18. The number of nitrogens with zero attached hydrogens (tertiary/aromatic N) is 1. The van der Waals surface area contributed by atoms with E-state index in [1.54, 1.807) is 30.3 Å². The second kappa shape index (κ2) is 6.64. The Morgan fingerprint density at radius 2 is 1.72 bits per heavy atom. The number of fused-ring (bicyclic) bond motifs is 2. The highest BCUT2D eigenvalue weighted by Gasteiger charge is 2.16. The Morgan fingerprint density at radius 3 is 2.56 bits per heavy atom. The third kappa shape index (κ3) is 3.25. The fourth-order valence-corrected chi connectivity index (χ4v) is 2.87. The predicted molar refractivity (Wildman–Crippen MR) is 92.8 cm³/mol. The Labute approximate surface area is 151 Å². The van der Waals surface area contributed by atoms with Gasteiger partial charge in [-0.05, 0) is 46.3 Å². The minimum atomic E-state index is -0.343. The van der Waals surface area contributed by atoms with Gasteiger partial charge < -0.3 is 18.9 Å². The molecule has 0 aliphatic carbocycles. The number of hydrazone groups is 1. The summed E-state index contributed by atoms with van der Waals surface area (Å²) in [6, 6.07) is 8.59. The van der Waals surface area contributed by atoms with Crippen molar-refractivity contribution in [2.75, 3.05) is 20.0 Å². The van der Waals surface area contributed by atoms with Crippen LogP contribution in [0.2, 0.25) is 0 Å². The van der Waals surface area contributed by atoms with E-state index < -0.39 is 0 Å². The van der Waals surface area contributed by atoms with E-state index in [1.807, 2.05) is 0 Å². The number of halogens is 1. The monoisotopic (exact) mass is 404 g/mol. The van der Waals surface area contributed by atoms with Crippen molar-refractivity contribution in [2.45, 2.75) is 0 Å². The summed E-state index contributed by atoms with van der Waals surface area (Å²) in [5.41, 5.74) is 3.68. The highest BCUT2D eigenvalue weighted by Crippen LogP contribution is 2.36. The summed E-state index contributed by atoms with van der Waals surface area (Å²) in [7, 11) is 0. The molecule has 0 unspecified atom stereocenters. The van der Waals surface area contributed by atoms with Crippen LogP contribution in [0.15, 0.2) is 39.9 Å². The SMILES string of the molecule is O=C(N/N=C/c1cc2c(cc1Br)OCO2)c1ccc2c(c1)OCCO2. The number of ether oxygens (including phenoxy) is 4. The fraction of sp³-hybridized carbons (Fsp3) is 0.176. The highest BCUT2D eigenvalue weighted by atomic mass is 79.9. The van der Waals surface area contributed by atoms with Crippen molar-refractivity contribution in [3.8, 4) is 23.0 Å². The van der Waals surface area contributed by atoms with Crippen LogP contribution in [0.3, 0.4) is 0 Å². The Morgan fingerprint density at radius 1 is 1.00 bits per heavy atom. The van der Waals surface area contributed by atoms with Crippen LogP contribution >= 0.6 is 15.9 Å². The minimum absolute atomic E-state index is 0.198. The van der Waals surface area contributed by atoms with E-state index in [2.05, 4.69) is 26.5 Å². The van der Waals surface area contributed by atoms with Crippen LogP contribution < -0.4 is 24.4 Å². The average molecular weight is 405 g/mol. The predicted octanol–water partition coefficient (Wildman–Crippen LogP) is 2.71. The van der Waals surface area contributed by atoms with Crippen molar-refractivity contribution in [1.29, 1.82) is 0 Å². The fourth-order valence-electron chi connectivity index (χ4n) is 2.44. The third-order valence-electron chi connectivity index (χ3n) is 3.67. The first-order valence-electron chi connectivity index (χ1n) is 7.53. The molecule has 2 aliphatic rings. The molecule has 0 atom stereocenters. The first-order chi connectivity index (χ1) is 12.2. The van der Waals surface area contributed by atoms with E-state index in [1.165, 1.54) is 6.21 Å². The number of hydrogen-bond donors (Lipinski definition) is 1. The number of benzene rings is 2. The molecule has 4 rings (SSSR count). The molecular formula is C17H13BrN2O5. The Kier molecular flexibility index (Phi) is 4.19.